The van der Waals surface area contributed by atoms with Crippen LogP contribution in [0.1, 0.15) is 83.2 Å². The molecule has 2 saturated carbocycles. The third-order valence-electron chi connectivity index (χ3n) is 11.1. The molecule has 36 heavy (non-hydrogen) atoms. The molecular weight excluding hydrogens is 463 g/mol. The van der Waals surface area contributed by atoms with Crippen molar-refractivity contribution in [1.82, 2.24) is 15.5 Å². The number of halogens is 3. The molecule has 1 saturated heterocycles. The van der Waals surface area contributed by atoms with E-state index in [1.807, 2.05) is 0 Å². The summed E-state index contributed by atoms with van der Waals surface area (Å²) in [5.41, 5.74) is 3.32. The van der Waals surface area contributed by atoms with Crippen molar-refractivity contribution in [3.63, 3.8) is 0 Å². The van der Waals surface area contributed by atoms with Crippen LogP contribution in [0.4, 0.5) is 13.2 Å². The van der Waals surface area contributed by atoms with E-state index < -0.39 is 11.9 Å². The number of hydrogen-bond acceptors (Lipinski definition) is 3. The van der Waals surface area contributed by atoms with Gasteiger partial charge < -0.3 is 10.1 Å². The van der Waals surface area contributed by atoms with Gasteiger partial charge in [0.1, 0.15) is 0 Å². The lowest BCUT2D eigenvalue weighted by Crippen LogP contribution is -2.52. The summed E-state index contributed by atoms with van der Waals surface area (Å²) in [6.45, 7) is 11.0. The average molecular weight is 506 g/mol. The molecule has 200 valence electrons. The number of nitrogens with zero attached hydrogens (tertiary/aromatic N) is 1. The van der Waals surface area contributed by atoms with E-state index >= 15 is 0 Å². The van der Waals surface area contributed by atoms with Crippen LogP contribution in [0.2, 0.25) is 0 Å². The number of allylic oxidation sites excluding steroid dienone is 1. The SMILES string of the molecule is C/C1=C2\C[C@H]3[C@@H](CC[C@@H]4Cc5[nH]nc(C(F)(F)F)c5C[C@@]43C)[C@@H]2CC[C@H](C)[C@@H]2NC[C@@H](C)C[C@H]2OC1. The van der Waals surface area contributed by atoms with Crippen LogP contribution in [0.15, 0.2) is 11.1 Å². The first kappa shape index (κ1) is 25.0. The number of fused-ring (bicyclic) bond motifs is 7. The summed E-state index contributed by atoms with van der Waals surface area (Å²) < 4.78 is 47.9. The second-order valence-corrected chi connectivity index (χ2v) is 13.3. The lowest BCUT2D eigenvalue weighted by molar-refractivity contribution is -0.142. The Morgan fingerprint density at radius 2 is 1.89 bits per heavy atom. The first-order valence-electron chi connectivity index (χ1n) is 14.2. The van der Waals surface area contributed by atoms with Gasteiger partial charge in [-0.15, -0.1) is 0 Å². The Hall–Kier alpha value is -1.34. The Kier molecular flexibility index (Phi) is 6.14. The Morgan fingerprint density at radius 3 is 2.67 bits per heavy atom. The third-order valence-corrected chi connectivity index (χ3v) is 11.1. The lowest BCUT2D eigenvalue weighted by Gasteiger charge is -2.52. The highest BCUT2D eigenvalue weighted by molar-refractivity contribution is 5.35. The normalized spacial score (nSPS) is 45.2. The summed E-state index contributed by atoms with van der Waals surface area (Å²) in [5.74, 6) is 3.17. The van der Waals surface area contributed by atoms with E-state index in [9.17, 15) is 13.2 Å². The van der Waals surface area contributed by atoms with Crippen molar-refractivity contribution in [2.75, 3.05) is 13.2 Å². The molecule has 1 aromatic heterocycles. The molecule has 0 aromatic carbocycles. The fraction of sp³-hybridized carbons (Fsp3) is 0.828. The summed E-state index contributed by atoms with van der Waals surface area (Å²) in [5, 5.41) is 10.3. The molecule has 9 atom stereocenters. The zero-order valence-electron chi connectivity index (χ0n) is 22.2. The van der Waals surface area contributed by atoms with E-state index in [-0.39, 0.29) is 11.5 Å². The van der Waals surface area contributed by atoms with Crippen LogP contribution in [-0.4, -0.2) is 35.5 Å². The molecule has 1 aromatic rings. The predicted molar refractivity (Wildman–Crippen MR) is 133 cm³/mol. The quantitative estimate of drug-likeness (QED) is 0.406. The van der Waals surface area contributed by atoms with Crippen LogP contribution in [0.3, 0.4) is 0 Å². The summed E-state index contributed by atoms with van der Waals surface area (Å²) in [6.07, 6.45) is 3.89. The molecule has 3 fully saturated rings. The van der Waals surface area contributed by atoms with Crippen LogP contribution < -0.4 is 5.32 Å². The van der Waals surface area contributed by atoms with Crippen molar-refractivity contribution >= 4 is 0 Å². The average Bonchev–Trinajstić information content (AvgIpc) is 3.40. The van der Waals surface area contributed by atoms with Crippen molar-refractivity contribution in [1.29, 1.82) is 0 Å². The van der Waals surface area contributed by atoms with E-state index in [0.717, 1.165) is 31.5 Å². The number of aromatic nitrogens is 2. The third kappa shape index (κ3) is 3.98. The first-order valence-corrected chi connectivity index (χ1v) is 14.2. The number of alkyl halides is 3. The Balaban J connectivity index is 1.31. The van der Waals surface area contributed by atoms with Crippen LogP contribution in [0, 0.1) is 40.9 Å². The minimum atomic E-state index is -4.40. The maximum atomic E-state index is 13.8. The Morgan fingerprint density at radius 1 is 1.08 bits per heavy atom. The standard InChI is InChI=1S/C29H42F3N3O/c1-15-9-25-26(33-13-15)16(2)5-7-19-20-8-6-18-10-24-22(27(35-34-24)29(30,31)32)12-28(18,4)23(20)11-21(19)17(3)14-36-25/h15-16,18-20,23,25-26,33H,5-14H2,1-4H3,(H,34,35)/b21-17-/t15-,16-,18+,19-,20-,23-,25+,26-,28-/m0/s1. The minimum Gasteiger partial charge on any atom is -0.372 e. The number of ether oxygens (including phenoxy) is 1. The van der Waals surface area contributed by atoms with Gasteiger partial charge in [0.15, 0.2) is 5.69 Å². The van der Waals surface area contributed by atoms with Gasteiger partial charge in [0.05, 0.1) is 12.7 Å². The summed E-state index contributed by atoms with van der Waals surface area (Å²) in [6, 6.07) is 0.416. The van der Waals surface area contributed by atoms with Crippen molar-refractivity contribution < 1.29 is 17.9 Å². The fourth-order valence-corrected chi connectivity index (χ4v) is 9.12. The van der Waals surface area contributed by atoms with Gasteiger partial charge in [0.2, 0.25) is 0 Å². The van der Waals surface area contributed by atoms with E-state index in [1.54, 1.807) is 5.57 Å². The van der Waals surface area contributed by atoms with Crippen molar-refractivity contribution in [3.05, 3.63) is 28.1 Å². The van der Waals surface area contributed by atoms with Crippen molar-refractivity contribution in [3.8, 4) is 0 Å². The second kappa shape index (κ2) is 8.86. The Bertz CT molecular complexity index is 1030. The second-order valence-electron chi connectivity index (χ2n) is 13.3. The largest absolute Gasteiger partial charge is 0.435 e. The minimum absolute atomic E-state index is 0.113. The molecule has 0 spiro atoms. The predicted octanol–water partition coefficient (Wildman–Crippen LogP) is 6.33. The molecule has 2 N–H and O–H groups in total. The maximum absolute atomic E-state index is 13.8. The molecule has 0 amide bonds. The van der Waals surface area contributed by atoms with E-state index in [2.05, 4.69) is 43.2 Å². The molecule has 2 aliphatic heterocycles. The van der Waals surface area contributed by atoms with Gasteiger partial charge in [-0.25, -0.2) is 0 Å². The summed E-state index contributed by atoms with van der Waals surface area (Å²) in [7, 11) is 0. The van der Waals surface area contributed by atoms with Crippen molar-refractivity contribution in [2.45, 2.75) is 97.4 Å². The molecule has 7 heteroatoms. The zero-order valence-corrected chi connectivity index (χ0v) is 22.2. The molecular formula is C29H42F3N3O. The number of rotatable bonds is 0. The highest BCUT2D eigenvalue weighted by Gasteiger charge is 2.57. The van der Waals surface area contributed by atoms with E-state index in [1.165, 1.54) is 24.8 Å². The number of aromatic amines is 1. The number of nitrogens with one attached hydrogen (secondary N) is 2. The lowest BCUT2D eigenvalue weighted by atomic mass is 9.52. The molecule has 5 aliphatic rings. The smallest absolute Gasteiger partial charge is 0.372 e. The van der Waals surface area contributed by atoms with Gasteiger partial charge >= 0.3 is 6.18 Å². The van der Waals surface area contributed by atoms with Crippen LogP contribution in [0.5, 0.6) is 0 Å². The molecule has 4 nitrogen and oxygen atoms in total. The van der Waals surface area contributed by atoms with Gasteiger partial charge in [-0.05, 0) is 111 Å². The topological polar surface area (TPSA) is 49.9 Å². The van der Waals surface area contributed by atoms with Crippen LogP contribution in [-0.2, 0) is 23.8 Å². The molecule has 0 unspecified atom stereocenters. The molecule has 3 aliphatic carbocycles. The Labute approximate surface area is 213 Å². The molecule has 0 radical (unpaired) electrons. The number of H-pyrrole nitrogens is 1. The first-order chi connectivity index (χ1) is 17.1. The molecule has 0 bridgehead atoms. The fourth-order valence-electron chi connectivity index (χ4n) is 9.12. The summed E-state index contributed by atoms with van der Waals surface area (Å²) in [4.78, 5) is 0. The van der Waals surface area contributed by atoms with Gasteiger partial charge in [0, 0.05) is 17.3 Å². The molecule has 3 heterocycles. The van der Waals surface area contributed by atoms with Crippen LogP contribution in [0.25, 0.3) is 0 Å². The van der Waals surface area contributed by atoms with E-state index in [4.69, 9.17) is 4.74 Å². The highest BCUT2D eigenvalue weighted by atomic mass is 19.4. The van der Waals surface area contributed by atoms with Crippen molar-refractivity contribution in [2.24, 2.45) is 40.9 Å². The van der Waals surface area contributed by atoms with E-state index in [0.29, 0.717) is 66.6 Å². The van der Waals surface area contributed by atoms with Gasteiger partial charge in [-0.2, -0.15) is 18.3 Å². The van der Waals surface area contributed by atoms with Crippen LogP contribution >= 0.6 is 0 Å². The molecule has 6 rings (SSSR count). The monoisotopic (exact) mass is 505 g/mol. The summed E-state index contributed by atoms with van der Waals surface area (Å²) >= 11 is 0. The van der Waals surface area contributed by atoms with Gasteiger partial charge in [-0.3, -0.25) is 5.10 Å². The highest BCUT2D eigenvalue weighted by Crippen LogP contribution is 2.63. The van der Waals surface area contributed by atoms with Gasteiger partial charge in [0.25, 0.3) is 0 Å². The maximum Gasteiger partial charge on any atom is 0.435 e. The van der Waals surface area contributed by atoms with Gasteiger partial charge in [-0.1, -0.05) is 26.3 Å². The zero-order chi connectivity index (χ0) is 25.4. The number of piperidine rings is 1. The number of hydrogen-bond donors (Lipinski definition) is 2.